The van der Waals surface area contributed by atoms with E-state index in [2.05, 4.69) is 37.6 Å². The second-order valence-electron chi connectivity index (χ2n) is 4.72. The molecule has 2 aliphatic rings. The van der Waals surface area contributed by atoms with Crippen molar-refractivity contribution in [2.75, 3.05) is 6.54 Å². The van der Waals surface area contributed by atoms with Crippen LogP contribution in [0.3, 0.4) is 0 Å². The molecular weight excluding hydrogens is 300 g/mol. The summed E-state index contributed by atoms with van der Waals surface area (Å²) in [5.74, 6) is 0.331. The van der Waals surface area contributed by atoms with Gasteiger partial charge in [-0.05, 0) is 34.8 Å². The summed E-state index contributed by atoms with van der Waals surface area (Å²) in [5.41, 5.74) is 0. The van der Waals surface area contributed by atoms with Crippen molar-refractivity contribution in [1.82, 2.24) is 10.2 Å². The smallest absolute Gasteiger partial charge is 0.224 e. The third kappa shape index (κ3) is 2.28. The second kappa shape index (κ2) is 4.71. The molecule has 0 saturated carbocycles. The van der Waals surface area contributed by atoms with Crippen LogP contribution in [0.15, 0.2) is 15.9 Å². The summed E-state index contributed by atoms with van der Waals surface area (Å²) in [6, 6.07) is 2.94. The summed E-state index contributed by atoms with van der Waals surface area (Å²) < 4.78 is 1.14. The minimum atomic E-state index is 0.331. The first-order chi connectivity index (χ1) is 8.24. The zero-order valence-electron chi connectivity index (χ0n) is 9.49. The van der Waals surface area contributed by atoms with E-state index in [9.17, 15) is 4.79 Å². The molecule has 0 radical (unpaired) electrons. The monoisotopic (exact) mass is 314 g/mol. The van der Waals surface area contributed by atoms with E-state index in [-0.39, 0.29) is 0 Å². The van der Waals surface area contributed by atoms with Crippen LogP contribution in [0.5, 0.6) is 0 Å². The highest BCUT2D eigenvalue weighted by molar-refractivity contribution is 9.10. The van der Waals surface area contributed by atoms with Gasteiger partial charge in [0, 0.05) is 46.3 Å². The number of thiophene rings is 1. The number of fused-ring (bicyclic) bond motifs is 1. The number of carbonyl (C=O) groups excluding carboxylic acids is 1. The predicted molar refractivity (Wildman–Crippen MR) is 72.0 cm³/mol. The van der Waals surface area contributed by atoms with Gasteiger partial charge in [0.05, 0.1) is 0 Å². The third-order valence-corrected chi connectivity index (χ3v) is 5.34. The Morgan fingerprint density at radius 3 is 3.24 bits per heavy atom. The fraction of sp³-hybridized carbons (Fsp3) is 0.583. The van der Waals surface area contributed by atoms with E-state index in [4.69, 9.17) is 0 Å². The lowest BCUT2D eigenvalue weighted by molar-refractivity contribution is -0.127. The van der Waals surface area contributed by atoms with Gasteiger partial charge in [0.15, 0.2) is 0 Å². The average Bonchev–Trinajstić information content (AvgIpc) is 2.96. The number of nitrogens with one attached hydrogen (secondary N) is 1. The van der Waals surface area contributed by atoms with E-state index < -0.39 is 0 Å². The third-order valence-electron chi connectivity index (χ3n) is 3.64. The minimum absolute atomic E-state index is 0.331. The van der Waals surface area contributed by atoms with E-state index in [0.717, 1.165) is 24.0 Å². The normalized spacial score (nSPS) is 27.8. The van der Waals surface area contributed by atoms with E-state index in [0.29, 0.717) is 24.4 Å². The van der Waals surface area contributed by atoms with Gasteiger partial charge < -0.3 is 10.2 Å². The predicted octanol–water partition coefficient (Wildman–Crippen LogP) is 2.36. The number of rotatable bonds is 3. The number of carbonyl (C=O) groups is 1. The lowest BCUT2D eigenvalue weighted by Crippen LogP contribution is -2.38. The van der Waals surface area contributed by atoms with Crippen molar-refractivity contribution >= 4 is 33.2 Å². The SMILES string of the molecule is O=C1CC(NCc2cc(Br)cs2)C2CCCN12. The Morgan fingerprint density at radius 1 is 1.59 bits per heavy atom. The van der Waals surface area contributed by atoms with Crippen molar-refractivity contribution in [3.8, 4) is 0 Å². The Labute approximate surface area is 113 Å². The molecule has 1 aromatic heterocycles. The molecule has 2 fully saturated rings. The number of nitrogens with zero attached hydrogens (tertiary/aromatic N) is 1. The summed E-state index contributed by atoms with van der Waals surface area (Å²) in [5, 5.41) is 5.64. The Bertz CT molecular complexity index is 434. The van der Waals surface area contributed by atoms with Crippen molar-refractivity contribution in [2.24, 2.45) is 0 Å². The molecule has 92 valence electrons. The van der Waals surface area contributed by atoms with Crippen molar-refractivity contribution in [3.63, 3.8) is 0 Å². The van der Waals surface area contributed by atoms with Crippen LogP contribution in [-0.2, 0) is 11.3 Å². The highest BCUT2D eigenvalue weighted by Crippen LogP contribution is 2.29. The van der Waals surface area contributed by atoms with Gasteiger partial charge in [-0.15, -0.1) is 11.3 Å². The molecule has 17 heavy (non-hydrogen) atoms. The lowest BCUT2D eigenvalue weighted by atomic mass is 10.1. The maximum atomic E-state index is 11.8. The molecule has 1 amide bonds. The first-order valence-corrected chi connectivity index (χ1v) is 7.67. The summed E-state index contributed by atoms with van der Waals surface area (Å²) in [4.78, 5) is 15.1. The number of hydrogen-bond donors (Lipinski definition) is 1. The Hall–Kier alpha value is -0.390. The minimum Gasteiger partial charge on any atom is -0.338 e. The molecule has 0 aliphatic carbocycles. The molecule has 3 nitrogen and oxygen atoms in total. The molecule has 2 atom stereocenters. The van der Waals surface area contributed by atoms with Gasteiger partial charge in [0.2, 0.25) is 5.91 Å². The van der Waals surface area contributed by atoms with Crippen LogP contribution in [0.4, 0.5) is 0 Å². The molecule has 2 aliphatic heterocycles. The van der Waals surface area contributed by atoms with Crippen molar-refractivity contribution < 1.29 is 4.79 Å². The first kappa shape index (κ1) is 11.7. The Morgan fingerprint density at radius 2 is 2.47 bits per heavy atom. The number of amides is 1. The Kier molecular flexibility index (Phi) is 3.23. The molecule has 1 aromatic rings. The first-order valence-electron chi connectivity index (χ1n) is 6.00. The van der Waals surface area contributed by atoms with Crippen LogP contribution in [0, 0.1) is 0 Å². The largest absolute Gasteiger partial charge is 0.338 e. The van der Waals surface area contributed by atoms with Gasteiger partial charge in [-0.3, -0.25) is 4.79 Å². The second-order valence-corrected chi connectivity index (χ2v) is 6.63. The molecule has 1 N–H and O–H groups in total. The zero-order valence-corrected chi connectivity index (χ0v) is 11.9. The van der Waals surface area contributed by atoms with Crippen LogP contribution in [0.2, 0.25) is 0 Å². The molecule has 5 heteroatoms. The van der Waals surface area contributed by atoms with Gasteiger partial charge in [-0.2, -0.15) is 0 Å². The van der Waals surface area contributed by atoms with E-state index in [1.54, 1.807) is 11.3 Å². The summed E-state index contributed by atoms with van der Waals surface area (Å²) in [7, 11) is 0. The molecule has 2 unspecified atom stereocenters. The fourth-order valence-corrected chi connectivity index (χ4v) is 4.25. The van der Waals surface area contributed by atoms with Crippen molar-refractivity contribution in [3.05, 3.63) is 20.8 Å². The van der Waals surface area contributed by atoms with E-state index in [1.807, 2.05) is 0 Å². The van der Waals surface area contributed by atoms with E-state index >= 15 is 0 Å². The summed E-state index contributed by atoms with van der Waals surface area (Å²) >= 11 is 5.21. The Balaban J connectivity index is 1.60. The highest BCUT2D eigenvalue weighted by Gasteiger charge is 2.41. The van der Waals surface area contributed by atoms with Gasteiger partial charge >= 0.3 is 0 Å². The van der Waals surface area contributed by atoms with Crippen LogP contribution in [0.25, 0.3) is 0 Å². The quantitative estimate of drug-likeness (QED) is 0.929. The molecule has 0 spiro atoms. The zero-order chi connectivity index (χ0) is 11.8. The summed E-state index contributed by atoms with van der Waals surface area (Å²) in [6.07, 6.45) is 3.01. The van der Waals surface area contributed by atoms with Crippen LogP contribution in [0.1, 0.15) is 24.1 Å². The standard InChI is InChI=1S/C12H15BrN2OS/c13-8-4-9(17-7-8)6-14-10-5-12(16)15-3-1-2-11(10)15/h4,7,10-11,14H,1-3,5-6H2. The molecule has 0 aromatic carbocycles. The maximum Gasteiger partial charge on any atom is 0.224 e. The molecule has 0 bridgehead atoms. The molecule has 2 saturated heterocycles. The molecule has 3 heterocycles. The summed E-state index contributed by atoms with van der Waals surface area (Å²) in [6.45, 7) is 1.84. The van der Waals surface area contributed by atoms with Gasteiger partial charge in [0.25, 0.3) is 0 Å². The fourth-order valence-electron chi connectivity index (χ4n) is 2.85. The lowest BCUT2D eigenvalue weighted by Gasteiger charge is -2.20. The van der Waals surface area contributed by atoms with Crippen LogP contribution in [-0.4, -0.2) is 29.4 Å². The van der Waals surface area contributed by atoms with Crippen molar-refractivity contribution in [1.29, 1.82) is 0 Å². The van der Waals surface area contributed by atoms with Crippen LogP contribution >= 0.6 is 27.3 Å². The van der Waals surface area contributed by atoms with Gasteiger partial charge in [0.1, 0.15) is 0 Å². The van der Waals surface area contributed by atoms with Gasteiger partial charge in [-0.25, -0.2) is 0 Å². The van der Waals surface area contributed by atoms with Crippen LogP contribution < -0.4 is 5.32 Å². The van der Waals surface area contributed by atoms with Crippen molar-refractivity contribution in [2.45, 2.75) is 37.9 Å². The highest BCUT2D eigenvalue weighted by atomic mass is 79.9. The van der Waals surface area contributed by atoms with Gasteiger partial charge in [-0.1, -0.05) is 0 Å². The number of hydrogen-bond acceptors (Lipinski definition) is 3. The molecule has 3 rings (SSSR count). The average molecular weight is 315 g/mol. The van der Waals surface area contributed by atoms with E-state index in [1.165, 1.54) is 11.3 Å². The maximum absolute atomic E-state index is 11.8. The number of halogens is 1. The molecular formula is C12H15BrN2OS. The topological polar surface area (TPSA) is 32.3 Å².